The van der Waals surface area contributed by atoms with Crippen molar-refractivity contribution in [3.05, 3.63) is 62.7 Å². The van der Waals surface area contributed by atoms with Gasteiger partial charge in [0.25, 0.3) is 23.3 Å². The minimum absolute atomic E-state index is 0.0361. The van der Waals surface area contributed by atoms with Gasteiger partial charge in [-0.15, -0.1) is 23.1 Å². The van der Waals surface area contributed by atoms with Gasteiger partial charge in [0.1, 0.15) is 17.1 Å². The number of anilines is 1. The number of nitrogens with two attached hydrogens (primary N) is 1. The summed E-state index contributed by atoms with van der Waals surface area (Å²) in [6.45, 7) is 2.17. The molecular weight excluding hydrogens is 662 g/mol. The van der Waals surface area contributed by atoms with Crippen LogP contribution in [0.15, 0.2) is 51.1 Å². The van der Waals surface area contributed by atoms with Gasteiger partial charge in [0, 0.05) is 28.6 Å². The number of H-pyrrole nitrogens is 1. The molecule has 2 aliphatic heterocycles. The fourth-order valence-corrected chi connectivity index (χ4v) is 6.30. The van der Waals surface area contributed by atoms with Crippen LogP contribution in [0.5, 0.6) is 5.75 Å². The maximum atomic E-state index is 13.3. The third-order valence-electron chi connectivity index (χ3n) is 6.89. The van der Waals surface area contributed by atoms with Gasteiger partial charge in [-0.3, -0.25) is 24.1 Å². The number of nitrogens with zero attached hydrogens (tertiary/aromatic N) is 3. The van der Waals surface area contributed by atoms with Gasteiger partial charge in [-0.05, 0) is 26.0 Å². The zero-order chi connectivity index (χ0) is 34.2. The van der Waals surface area contributed by atoms with E-state index >= 15 is 0 Å². The van der Waals surface area contributed by atoms with Crippen molar-refractivity contribution >= 4 is 74.7 Å². The molecule has 20 heteroatoms. The fourth-order valence-electron chi connectivity index (χ4n) is 4.43. The summed E-state index contributed by atoms with van der Waals surface area (Å²) >= 11 is 2.12. The van der Waals surface area contributed by atoms with Crippen molar-refractivity contribution < 1.29 is 48.9 Å². The van der Waals surface area contributed by atoms with Crippen LogP contribution in [0.25, 0.3) is 10.9 Å². The number of pyridine rings is 1. The monoisotopic (exact) mass is 687 g/mol. The Morgan fingerprint density at radius 1 is 1.23 bits per heavy atom. The lowest BCUT2D eigenvalue weighted by Gasteiger charge is -2.49. The molecule has 246 valence electrons. The summed E-state index contributed by atoms with van der Waals surface area (Å²) in [5.41, 5.74) is 3.05. The van der Waals surface area contributed by atoms with E-state index in [-0.39, 0.29) is 45.7 Å². The van der Waals surface area contributed by atoms with Crippen LogP contribution < -0.4 is 21.9 Å². The quantitative estimate of drug-likeness (QED) is 0.0665. The molecule has 4 heterocycles. The highest BCUT2D eigenvalue weighted by atomic mass is 32.2. The summed E-state index contributed by atoms with van der Waals surface area (Å²) < 4.78 is 4.94. The number of β-lactam (4-membered cyclic amide) rings is 1. The molecule has 8 N–H and O–H groups in total. The van der Waals surface area contributed by atoms with Gasteiger partial charge < -0.3 is 46.2 Å². The van der Waals surface area contributed by atoms with Gasteiger partial charge in [-0.2, -0.15) is 0 Å². The number of thioether (sulfide) groups is 1. The lowest BCUT2D eigenvalue weighted by atomic mass is 10.1. The molecule has 3 aromatic rings. The van der Waals surface area contributed by atoms with Gasteiger partial charge in [0.05, 0.1) is 11.1 Å². The van der Waals surface area contributed by atoms with Crippen molar-refractivity contribution in [1.29, 1.82) is 0 Å². The summed E-state index contributed by atoms with van der Waals surface area (Å²) in [7, 11) is 0. The maximum Gasteiger partial charge on any atom is 0.512 e. The number of hydrogen-bond donors (Lipinski definition) is 7. The number of carboxylic acid groups (broad SMARTS) is 2. The van der Waals surface area contributed by atoms with Crippen LogP contribution in [-0.4, -0.2) is 95.1 Å². The molecule has 0 saturated carbocycles. The van der Waals surface area contributed by atoms with Crippen molar-refractivity contribution in [2.45, 2.75) is 30.9 Å². The van der Waals surface area contributed by atoms with E-state index in [0.717, 1.165) is 28.0 Å². The lowest BCUT2D eigenvalue weighted by molar-refractivity contribution is -0.161. The van der Waals surface area contributed by atoms with Crippen LogP contribution in [0.1, 0.15) is 29.9 Å². The zero-order valence-corrected chi connectivity index (χ0v) is 25.9. The van der Waals surface area contributed by atoms with E-state index < -0.39 is 63.9 Å². The predicted octanol–water partition coefficient (Wildman–Crippen LogP) is 0.592. The number of ether oxygens (including phenoxy) is 1. The highest BCUT2D eigenvalue weighted by Crippen LogP contribution is 2.40. The number of thiazole rings is 1. The van der Waals surface area contributed by atoms with Crippen molar-refractivity contribution in [2.75, 3.05) is 18.0 Å². The highest BCUT2D eigenvalue weighted by molar-refractivity contribution is 8.00. The molecular formula is C27H25N7O11S2. The Balaban J connectivity index is 1.34. The summed E-state index contributed by atoms with van der Waals surface area (Å²) in [6, 6.07) is 4.58. The van der Waals surface area contributed by atoms with E-state index in [1.807, 2.05) is 0 Å². The Labute approximate surface area is 271 Å². The minimum Gasteiger partial charge on any atom is -0.503 e. The fraction of sp³-hybridized carbons (Fsp3) is 0.259. The first kappa shape index (κ1) is 32.8. The molecule has 3 amide bonds. The number of aliphatic carboxylic acids is 1. The third kappa shape index (κ3) is 6.53. The van der Waals surface area contributed by atoms with Crippen LogP contribution in [-0.2, 0) is 24.0 Å². The molecule has 0 aliphatic carbocycles. The summed E-state index contributed by atoms with van der Waals surface area (Å²) in [5.74, 6) is -4.49. The maximum absolute atomic E-state index is 13.3. The first-order chi connectivity index (χ1) is 22.2. The Hall–Kier alpha value is -5.63. The number of rotatable bonds is 10. The summed E-state index contributed by atoms with van der Waals surface area (Å²) in [6.07, 6.45) is -1.73. The molecule has 47 heavy (non-hydrogen) atoms. The van der Waals surface area contributed by atoms with E-state index in [4.69, 9.17) is 15.3 Å². The molecule has 18 nitrogen and oxygen atoms in total. The lowest BCUT2D eigenvalue weighted by Crippen LogP contribution is -2.70. The van der Waals surface area contributed by atoms with Crippen molar-refractivity contribution in [3.63, 3.8) is 0 Å². The second-order valence-corrected chi connectivity index (χ2v) is 12.5. The average molecular weight is 688 g/mol. The second-order valence-electron chi connectivity index (χ2n) is 10.5. The van der Waals surface area contributed by atoms with Crippen molar-refractivity contribution in [3.8, 4) is 5.75 Å². The van der Waals surface area contributed by atoms with E-state index in [1.165, 1.54) is 31.4 Å². The van der Waals surface area contributed by atoms with E-state index in [1.54, 1.807) is 12.1 Å². The number of nitrogens with one attached hydrogen (secondary N) is 3. The normalized spacial score (nSPS) is 17.9. The van der Waals surface area contributed by atoms with Gasteiger partial charge in [0.15, 0.2) is 16.6 Å². The number of aromatic nitrogens is 2. The van der Waals surface area contributed by atoms with E-state index in [2.05, 4.69) is 25.8 Å². The number of carbonyl (C=O) groups is 5. The predicted molar refractivity (Wildman–Crippen MR) is 166 cm³/mol. The van der Waals surface area contributed by atoms with Crippen LogP contribution in [0.2, 0.25) is 0 Å². The van der Waals surface area contributed by atoms with E-state index in [0.29, 0.717) is 5.39 Å². The molecule has 2 aromatic heterocycles. The topological polar surface area (TPSA) is 276 Å². The molecule has 5 rings (SSSR count). The minimum atomic E-state index is -1.82. The number of hydrogen-bond acceptors (Lipinski definition) is 14. The number of amides is 3. The third-order valence-corrected chi connectivity index (χ3v) is 8.90. The van der Waals surface area contributed by atoms with E-state index in [9.17, 15) is 44.1 Å². The molecule has 1 fully saturated rings. The van der Waals surface area contributed by atoms with Crippen molar-refractivity contribution in [1.82, 2.24) is 25.5 Å². The van der Waals surface area contributed by atoms with Crippen LogP contribution in [0.3, 0.4) is 0 Å². The molecule has 0 bridgehead atoms. The molecule has 2 aliphatic rings. The molecule has 1 saturated heterocycles. The van der Waals surface area contributed by atoms with Crippen LogP contribution >= 0.6 is 23.1 Å². The number of benzene rings is 1. The largest absolute Gasteiger partial charge is 0.512 e. The Bertz CT molecular complexity index is 1950. The van der Waals surface area contributed by atoms with Gasteiger partial charge >= 0.3 is 12.1 Å². The standard InChI is InChI=1S/C27H25N7O11S2/c1-27(2,24(40)41)45-33-16(13-9-47-25(28)30-13)20(38)32-17-21(39)34-22(44-26(42)43)11(8-46-23(17)34)7-29-18(36)12-5-3-4-10-6-14(35)19(37)31-15(10)12/h3-6,9,17,23,35H,7-8H2,1-2H3,(H2,28,30)(H,29,36)(H,31,37)(H,32,38)(H,40,41)(H,42,43)/b33-16-/t17?,23-/m0/s1. The number of fused-ring (bicyclic) bond motifs is 2. The zero-order valence-electron chi connectivity index (χ0n) is 24.3. The van der Waals surface area contributed by atoms with Gasteiger partial charge in [0.2, 0.25) is 11.5 Å². The van der Waals surface area contributed by atoms with Crippen molar-refractivity contribution in [2.24, 2.45) is 5.16 Å². The molecule has 0 radical (unpaired) electrons. The second kappa shape index (κ2) is 12.6. The summed E-state index contributed by atoms with van der Waals surface area (Å²) in [5, 5.41) is 38.3. The Morgan fingerprint density at radius 2 is 1.98 bits per heavy atom. The first-order valence-electron chi connectivity index (χ1n) is 13.4. The Kier molecular flexibility index (Phi) is 8.81. The number of nitrogen functional groups attached to an aromatic ring is 1. The van der Waals surface area contributed by atoms with Crippen LogP contribution in [0.4, 0.5) is 9.93 Å². The molecule has 1 aromatic carbocycles. The first-order valence-corrected chi connectivity index (χ1v) is 15.3. The number of aromatic hydroxyl groups is 1. The molecule has 0 spiro atoms. The average Bonchev–Trinajstić information content (AvgIpc) is 3.44. The summed E-state index contributed by atoms with van der Waals surface area (Å²) in [4.78, 5) is 87.1. The number of carboxylic acids is 1. The smallest absolute Gasteiger partial charge is 0.503 e. The highest BCUT2D eigenvalue weighted by Gasteiger charge is 2.54. The van der Waals surface area contributed by atoms with Crippen LogP contribution in [0, 0.1) is 0 Å². The number of carbonyl (C=O) groups excluding carboxylic acids is 3. The number of aromatic amines is 1. The Morgan fingerprint density at radius 3 is 2.64 bits per heavy atom. The van der Waals surface area contributed by atoms with Gasteiger partial charge in [-0.25, -0.2) is 14.6 Å². The SMILES string of the molecule is CC(C)(O/N=C(\C(=O)NC1C(=O)N2C(OC(=O)O)=C(CNC(=O)c3cccc4cc(O)c(=O)[nH]c34)CS[C@@H]12)c1csc(N)n1)C(=O)O. The van der Waals surface area contributed by atoms with Gasteiger partial charge in [-0.1, -0.05) is 17.3 Å². The molecule has 2 atom stereocenters. The molecule has 1 unspecified atom stereocenters. The number of oxime groups is 1. The number of para-hydroxylation sites is 1.